The highest BCUT2D eigenvalue weighted by molar-refractivity contribution is 5.16. The summed E-state index contributed by atoms with van der Waals surface area (Å²) in [6.07, 6.45) is -15.2. The zero-order valence-electron chi connectivity index (χ0n) is 9.70. The van der Waals surface area contributed by atoms with Gasteiger partial charge in [-0.1, -0.05) is 0 Å². The lowest BCUT2D eigenvalue weighted by atomic mass is 10.0. The molecule has 0 aliphatic rings. The SMILES string of the molecule is FC(F)=C(F)OC(F)(F)C(F)(F)C(F)(F)C(F)(F)C(F)=C(F)F. The van der Waals surface area contributed by atoms with Gasteiger partial charge in [-0.2, -0.15) is 61.5 Å². The van der Waals surface area contributed by atoms with Gasteiger partial charge in [0.05, 0.1) is 0 Å². The number of rotatable bonds is 6. The standard InChI is InChI=1S/C8F14O/c9-1(2(10)11)5(15,16)6(17,18)7(19,20)8(21,22)23-4(14)3(12)13. The van der Waals surface area contributed by atoms with Crippen LogP contribution in [0.3, 0.4) is 0 Å². The van der Waals surface area contributed by atoms with Gasteiger partial charge in [-0.05, 0) is 0 Å². The van der Waals surface area contributed by atoms with Crippen LogP contribution in [-0.2, 0) is 4.74 Å². The highest BCUT2D eigenvalue weighted by Crippen LogP contribution is 2.56. The molecule has 0 saturated carbocycles. The quantitative estimate of drug-likeness (QED) is 0.431. The van der Waals surface area contributed by atoms with Gasteiger partial charge in [-0.15, -0.1) is 0 Å². The number of hydrogen-bond donors (Lipinski definition) is 0. The van der Waals surface area contributed by atoms with E-state index in [0.717, 1.165) is 0 Å². The van der Waals surface area contributed by atoms with E-state index in [2.05, 4.69) is 0 Å². The molecule has 0 aromatic carbocycles. The summed E-state index contributed by atoms with van der Waals surface area (Å²) in [4.78, 5) is 0. The number of alkyl halides is 8. The van der Waals surface area contributed by atoms with Crippen LogP contribution in [0.2, 0.25) is 0 Å². The summed E-state index contributed by atoms with van der Waals surface area (Å²) in [5.41, 5.74) is 0. The van der Waals surface area contributed by atoms with Crippen molar-refractivity contribution in [2.24, 2.45) is 0 Å². The average Bonchev–Trinajstić information content (AvgIpc) is 2.35. The summed E-state index contributed by atoms with van der Waals surface area (Å²) in [6, 6.07) is -3.85. The summed E-state index contributed by atoms with van der Waals surface area (Å²) in [5.74, 6) is -26.9. The molecule has 23 heavy (non-hydrogen) atoms. The average molecular weight is 378 g/mol. The van der Waals surface area contributed by atoms with Crippen molar-refractivity contribution >= 4 is 0 Å². The Morgan fingerprint density at radius 3 is 1.26 bits per heavy atom. The molecule has 136 valence electrons. The van der Waals surface area contributed by atoms with Gasteiger partial charge in [-0.3, -0.25) is 0 Å². The third kappa shape index (κ3) is 3.46. The predicted octanol–water partition coefficient (Wildman–Crippen LogP) is 5.61. The number of ether oxygens (including phenoxy) is 1. The molecule has 0 N–H and O–H groups in total. The van der Waals surface area contributed by atoms with Crippen LogP contribution in [0.4, 0.5) is 61.5 Å². The van der Waals surface area contributed by atoms with Crippen LogP contribution in [0.25, 0.3) is 0 Å². The molecule has 0 aliphatic heterocycles. The summed E-state index contributed by atoms with van der Waals surface area (Å²) >= 11 is 0. The maximum absolute atomic E-state index is 12.7. The zero-order valence-corrected chi connectivity index (χ0v) is 9.70. The van der Waals surface area contributed by atoms with Crippen LogP contribution in [0, 0.1) is 0 Å². The molecule has 0 atom stereocenters. The summed E-state index contributed by atoms with van der Waals surface area (Å²) in [5, 5.41) is 0. The fourth-order valence-corrected chi connectivity index (χ4v) is 0.852. The molecule has 0 aromatic heterocycles. The van der Waals surface area contributed by atoms with Crippen LogP contribution < -0.4 is 0 Å². The predicted molar refractivity (Wildman–Crippen MR) is 41.6 cm³/mol. The molecular weight excluding hydrogens is 378 g/mol. The van der Waals surface area contributed by atoms with E-state index < -0.39 is 47.9 Å². The first-order valence-electron chi connectivity index (χ1n) is 4.55. The van der Waals surface area contributed by atoms with Crippen molar-refractivity contribution in [3.63, 3.8) is 0 Å². The lowest BCUT2D eigenvalue weighted by Crippen LogP contribution is -2.63. The van der Waals surface area contributed by atoms with Crippen LogP contribution >= 0.6 is 0 Å². The van der Waals surface area contributed by atoms with Crippen LogP contribution in [0.5, 0.6) is 0 Å². The van der Waals surface area contributed by atoms with Crippen molar-refractivity contribution in [1.29, 1.82) is 0 Å². The fourth-order valence-electron chi connectivity index (χ4n) is 0.852. The second-order valence-corrected chi connectivity index (χ2v) is 3.45. The highest BCUT2D eigenvalue weighted by atomic mass is 19.4. The normalized spacial score (nSPS) is 13.7. The first-order valence-corrected chi connectivity index (χ1v) is 4.55. The highest BCUT2D eigenvalue weighted by Gasteiger charge is 2.84. The molecular formula is C8F14O. The summed E-state index contributed by atoms with van der Waals surface area (Å²) in [7, 11) is 0. The monoisotopic (exact) mass is 378 g/mol. The Morgan fingerprint density at radius 1 is 0.565 bits per heavy atom. The Labute approximate surface area is 115 Å². The molecule has 0 bridgehead atoms. The van der Waals surface area contributed by atoms with Gasteiger partial charge in [0.25, 0.3) is 0 Å². The third-order valence-electron chi connectivity index (χ3n) is 1.96. The molecule has 0 rings (SSSR count). The van der Waals surface area contributed by atoms with Gasteiger partial charge in [0.2, 0.25) is 5.83 Å². The van der Waals surface area contributed by atoms with Gasteiger partial charge in [-0.25, -0.2) is 0 Å². The molecule has 0 heterocycles. The van der Waals surface area contributed by atoms with Gasteiger partial charge < -0.3 is 4.74 Å². The van der Waals surface area contributed by atoms with E-state index in [1.165, 1.54) is 0 Å². The molecule has 0 radical (unpaired) electrons. The molecule has 0 saturated heterocycles. The maximum Gasteiger partial charge on any atom is 0.472 e. The Morgan fingerprint density at radius 2 is 0.957 bits per heavy atom. The second kappa shape index (κ2) is 6.07. The Hall–Kier alpha value is -1.70. The zero-order chi connectivity index (χ0) is 19.0. The Kier molecular flexibility index (Phi) is 5.62. The number of allylic oxidation sites excluding steroid dienone is 1. The van der Waals surface area contributed by atoms with E-state index in [9.17, 15) is 61.5 Å². The largest absolute Gasteiger partial charge is 0.472 e. The number of halogens is 14. The Balaban J connectivity index is 6.07. The van der Waals surface area contributed by atoms with Crippen LogP contribution in [0.1, 0.15) is 0 Å². The topological polar surface area (TPSA) is 9.23 Å². The number of hydrogen-bond acceptors (Lipinski definition) is 1. The molecule has 0 aliphatic carbocycles. The van der Waals surface area contributed by atoms with E-state index in [-0.39, 0.29) is 0 Å². The second-order valence-electron chi connectivity index (χ2n) is 3.45. The fraction of sp³-hybridized carbons (Fsp3) is 0.500. The van der Waals surface area contributed by atoms with E-state index in [1.807, 2.05) is 4.74 Å². The van der Waals surface area contributed by atoms with E-state index in [0.29, 0.717) is 0 Å². The third-order valence-corrected chi connectivity index (χ3v) is 1.96. The van der Waals surface area contributed by atoms with Crippen molar-refractivity contribution in [2.75, 3.05) is 0 Å². The lowest BCUT2D eigenvalue weighted by Gasteiger charge is -2.34. The summed E-state index contributed by atoms with van der Waals surface area (Å²) in [6.45, 7) is 0. The molecule has 0 fully saturated rings. The van der Waals surface area contributed by atoms with E-state index >= 15 is 0 Å². The van der Waals surface area contributed by atoms with Gasteiger partial charge in [0, 0.05) is 0 Å². The van der Waals surface area contributed by atoms with E-state index in [4.69, 9.17) is 0 Å². The maximum atomic E-state index is 12.7. The van der Waals surface area contributed by atoms with Crippen LogP contribution in [-0.4, -0.2) is 23.9 Å². The van der Waals surface area contributed by atoms with E-state index in [1.54, 1.807) is 0 Å². The summed E-state index contributed by atoms with van der Waals surface area (Å²) < 4.78 is 173. The van der Waals surface area contributed by atoms with Crippen molar-refractivity contribution in [1.82, 2.24) is 0 Å². The minimum Gasteiger partial charge on any atom is -0.397 e. The Bertz CT molecular complexity index is 509. The van der Waals surface area contributed by atoms with Gasteiger partial charge in [0.15, 0.2) is 0 Å². The molecule has 0 amide bonds. The lowest BCUT2D eigenvalue weighted by molar-refractivity contribution is -0.420. The first-order chi connectivity index (χ1) is 9.93. The van der Waals surface area contributed by atoms with Crippen molar-refractivity contribution in [3.8, 4) is 0 Å². The minimum absolute atomic E-state index is 1.83. The van der Waals surface area contributed by atoms with Gasteiger partial charge in [0.1, 0.15) is 0 Å². The van der Waals surface area contributed by atoms with Crippen LogP contribution in [0.15, 0.2) is 24.0 Å². The molecule has 1 nitrogen and oxygen atoms in total. The first kappa shape index (κ1) is 21.3. The molecule has 0 aromatic rings. The van der Waals surface area contributed by atoms with Crippen molar-refractivity contribution in [2.45, 2.75) is 23.9 Å². The van der Waals surface area contributed by atoms with Gasteiger partial charge >= 0.3 is 42.1 Å². The van der Waals surface area contributed by atoms with Crippen molar-refractivity contribution < 1.29 is 66.2 Å². The molecule has 0 spiro atoms. The molecule has 15 heteroatoms. The van der Waals surface area contributed by atoms with Crippen molar-refractivity contribution in [3.05, 3.63) is 24.0 Å². The minimum atomic E-state index is -7.63. The smallest absolute Gasteiger partial charge is 0.397 e. The molecule has 0 unspecified atom stereocenters.